The van der Waals surface area contributed by atoms with Gasteiger partial charge in [0.1, 0.15) is 6.26 Å². The SMILES string of the molecule is CC.CC.CC.c1ccc(N2CCN(CCCCc3ccon3)CC2)cc1. The molecule has 0 spiro atoms. The molecule has 154 valence electrons. The lowest BCUT2D eigenvalue weighted by molar-refractivity contribution is 0.253. The molecule has 0 saturated carbocycles. The second-order valence-electron chi connectivity index (χ2n) is 5.61. The minimum absolute atomic E-state index is 1.03. The van der Waals surface area contributed by atoms with Gasteiger partial charge >= 0.3 is 0 Å². The number of nitrogens with zero attached hydrogens (tertiary/aromatic N) is 3. The Morgan fingerprint density at radius 3 is 2.00 bits per heavy atom. The van der Waals surface area contributed by atoms with E-state index in [4.69, 9.17) is 4.52 Å². The first-order valence-electron chi connectivity index (χ1n) is 10.8. The summed E-state index contributed by atoms with van der Waals surface area (Å²) < 4.78 is 4.85. The lowest BCUT2D eigenvalue weighted by Crippen LogP contribution is -2.46. The number of aryl methyl sites for hydroxylation is 1. The lowest BCUT2D eigenvalue weighted by Gasteiger charge is -2.36. The van der Waals surface area contributed by atoms with Crippen LogP contribution in [0.25, 0.3) is 0 Å². The van der Waals surface area contributed by atoms with Crippen molar-refractivity contribution in [3.63, 3.8) is 0 Å². The zero-order valence-corrected chi connectivity index (χ0v) is 18.4. The van der Waals surface area contributed by atoms with Crippen LogP contribution in [-0.4, -0.2) is 42.8 Å². The van der Waals surface area contributed by atoms with E-state index in [-0.39, 0.29) is 0 Å². The van der Waals surface area contributed by atoms with Gasteiger partial charge in [-0.3, -0.25) is 4.90 Å². The Labute approximate surface area is 167 Å². The van der Waals surface area contributed by atoms with Crippen molar-refractivity contribution < 1.29 is 4.52 Å². The predicted molar refractivity (Wildman–Crippen MR) is 119 cm³/mol. The fourth-order valence-corrected chi connectivity index (χ4v) is 2.88. The van der Waals surface area contributed by atoms with Crippen molar-refractivity contribution in [2.45, 2.75) is 60.8 Å². The van der Waals surface area contributed by atoms with Gasteiger partial charge in [-0.1, -0.05) is 64.9 Å². The van der Waals surface area contributed by atoms with E-state index in [1.165, 1.54) is 38.2 Å². The topological polar surface area (TPSA) is 32.5 Å². The smallest absolute Gasteiger partial charge is 0.124 e. The average molecular weight is 376 g/mol. The highest BCUT2D eigenvalue weighted by Crippen LogP contribution is 2.15. The Balaban J connectivity index is 0.00000103. The predicted octanol–water partition coefficient (Wildman–Crippen LogP) is 5.90. The normalized spacial score (nSPS) is 13.3. The van der Waals surface area contributed by atoms with Crippen LogP contribution in [0.3, 0.4) is 0 Å². The van der Waals surface area contributed by atoms with Crippen LogP contribution in [0.4, 0.5) is 5.69 Å². The molecule has 1 aromatic carbocycles. The molecule has 3 rings (SSSR count). The molecule has 1 aromatic heterocycles. The summed E-state index contributed by atoms with van der Waals surface area (Å²) in [6.45, 7) is 17.8. The number of rotatable bonds is 6. The van der Waals surface area contributed by atoms with Crippen molar-refractivity contribution in [2.75, 3.05) is 37.6 Å². The second-order valence-corrected chi connectivity index (χ2v) is 5.61. The number of benzene rings is 1. The minimum Gasteiger partial charge on any atom is -0.369 e. The maximum Gasteiger partial charge on any atom is 0.124 e. The fraction of sp³-hybridized carbons (Fsp3) is 0.609. The molecule has 1 aliphatic rings. The van der Waals surface area contributed by atoms with Crippen LogP contribution >= 0.6 is 0 Å². The number of hydrogen-bond donors (Lipinski definition) is 0. The number of unbranched alkanes of at least 4 members (excludes halogenated alkanes) is 1. The van der Waals surface area contributed by atoms with Gasteiger partial charge in [-0.2, -0.15) is 0 Å². The van der Waals surface area contributed by atoms with E-state index in [1.54, 1.807) is 6.26 Å². The molecule has 2 heterocycles. The maximum absolute atomic E-state index is 4.85. The maximum atomic E-state index is 4.85. The van der Waals surface area contributed by atoms with Crippen LogP contribution in [-0.2, 0) is 6.42 Å². The molecule has 1 saturated heterocycles. The van der Waals surface area contributed by atoms with Crippen molar-refractivity contribution in [1.82, 2.24) is 10.1 Å². The summed E-state index contributed by atoms with van der Waals surface area (Å²) in [5.74, 6) is 0. The van der Waals surface area contributed by atoms with E-state index in [0.29, 0.717) is 0 Å². The number of piperazine rings is 1. The van der Waals surface area contributed by atoms with Gasteiger partial charge in [0.25, 0.3) is 0 Å². The van der Waals surface area contributed by atoms with Gasteiger partial charge in [-0.05, 0) is 37.9 Å². The molecule has 4 heteroatoms. The molecule has 2 aromatic rings. The van der Waals surface area contributed by atoms with Crippen LogP contribution in [0.15, 0.2) is 47.2 Å². The van der Waals surface area contributed by atoms with Crippen LogP contribution in [0.2, 0.25) is 0 Å². The summed E-state index contributed by atoms with van der Waals surface area (Å²) in [5, 5.41) is 3.95. The Morgan fingerprint density at radius 1 is 0.815 bits per heavy atom. The summed E-state index contributed by atoms with van der Waals surface area (Å²) in [6.07, 6.45) is 5.10. The average Bonchev–Trinajstić information content (AvgIpc) is 3.30. The zero-order valence-electron chi connectivity index (χ0n) is 18.4. The molecule has 4 nitrogen and oxygen atoms in total. The van der Waals surface area contributed by atoms with Gasteiger partial charge in [-0.25, -0.2) is 0 Å². The number of anilines is 1. The van der Waals surface area contributed by atoms with E-state index in [2.05, 4.69) is 45.3 Å². The molecular formula is C23H41N3O. The van der Waals surface area contributed by atoms with E-state index in [1.807, 2.05) is 47.6 Å². The first-order valence-corrected chi connectivity index (χ1v) is 10.8. The quantitative estimate of drug-likeness (QED) is 0.589. The summed E-state index contributed by atoms with van der Waals surface area (Å²) in [6, 6.07) is 12.7. The molecule has 0 unspecified atom stereocenters. The van der Waals surface area contributed by atoms with Crippen molar-refractivity contribution in [3.8, 4) is 0 Å². The van der Waals surface area contributed by atoms with Crippen LogP contribution in [0.1, 0.15) is 60.1 Å². The first-order chi connectivity index (χ1) is 13.4. The third kappa shape index (κ3) is 10.2. The summed E-state index contributed by atoms with van der Waals surface area (Å²) in [5.41, 5.74) is 2.42. The molecule has 0 radical (unpaired) electrons. The van der Waals surface area contributed by atoms with Gasteiger partial charge in [0.15, 0.2) is 0 Å². The monoisotopic (exact) mass is 375 g/mol. The summed E-state index contributed by atoms with van der Waals surface area (Å²) >= 11 is 0. The number of para-hydroxylation sites is 1. The molecule has 0 bridgehead atoms. The minimum atomic E-state index is 1.03. The molecule has 0 N–H and O–H groups in total. The lowest BCUT2D eigenvalue weighted by atomic mass is 10.2. The van der Waals surface area contributed by atoms with Crippen molar-refractivity contribution >= 4 is 5.69 Å². The van der Waals surface area contributed by atoms with Crippen LogP contribution in [0, 0.1) is 0 Å². The van der Waals surface area contributed by atoms with Crippen LogP contribution < -0.4 is 4.90 Å². The molecule has 27 heavy (non-hydrogen) atoms. The van der Waals surface area contributed by atoms with Crippen LogP contribution in [0.5, 0.6) is 0 Å². The van der Waals surface area contributed by atoms with Gasteiger partial charge < -0.3 is 9.42 Å². The molecule has 0 atom stereocenters. The third-order valence-electron chi connectivity index (χ3n) is 4.14. The van der Waals surface area contributed by atoms with Gasteiger partial charge in [0.2, 0.25) is 0 Å². The Bertz CT molecular complexity index is 506. The molecule has 0 aliphatic carbocycles. The number of hydrogen-bond acceptors (Lipinski definition) is 4. The van der Waals surface area contributed by atoms with Gasteiger partial charge in [0, 0.05) is 37.9 Å². The Morgan fingerprint density at radius 2 is 1.44 bits per heavy atom. The number of aromatic nitrogens is 1. The van der Waals surface area contributed by atoms with Crippen molar-refractivity contribution in [1.29, 1.82) is 0 Å². The molecule has 0 amide bonds. The fourth-order valence-electron chi connectivity index (χ4n) is 2.88. The first kappa shape index (κ1) is 25.2. The molecule has 1 fully saturated rings. The Hall–Kier alpha value is -1.81. The second kappa shape index (κ2) is 17.6. The van der Waals surface area contributed by atoms with Crippen molar-refractivity contribution in [3.05, 3.63) is 48.4 Å². The van der Waals surface area contributed by atoms with Crippen molar-refractivity contribution in [2.24, 2.45) is 0 Å². The van der Waals surface area contributed by atoms with Gasteiger partial charge in [0.05, 0.1) is 5.69 Å². The highest BCUT2D eigenvalue weighted by Gasteiger charge is 2.16. The molecular weight excluding hydrogens is 334 g/mol. The van der Waals surface area contributed by atoms with E-state index < -0.39 is 0 Å². The standard InChI is InChI=1S/C17H23N3O.3C2H6/c1-2-7-17(8-3-1)20-13-11-19(12-14-20)10-5-4-6-16-9-15-21-18-16;3*1-2/h1-3,7-9,15H,4-6,10-14H2;3*1-2H3. The summed E-state index contributed by atoms with van der Waals surface area (Å²) in [4.78, 5) is 5.05. The summed E-state index contributed by atoms with van der Waals surface area (Å²) in [7, 11) is 0. The highest BCUT2D eigenvalue weighted by atomic mass is 16.5. The zero-order chi connectivity index (χ0) is 20.3. The third-order valence-corrected chi connectivity index (χ3v) is 4.14. The largest absolute Gasteiger partial charge is 0.369 e. The van der Waals surface area contributed by atoms with E-state index >= 15 is 0 Å². The van der Waals surface area contributed by atoms with Gasteiger partial charge in [-0.15, -0.1) is 0 Å². The van der Waals surface area contributed by atoms with E-state index in [9.17, 15) is 0 Å². The molecule has 1 aliphatic heterocycles. The van der Waals surface area contributed by atoms with E-state index in [0.717, 1.165) is 25.2 Å². The Kier molecular flexibility index (Phi) is 16.4. The highest BCUT2D eigenvalue weighted by molar-refractivity contribution is 5.46.